The van der Waals surface area contributed by atoms with Gasteiger partial charge in [0.15, 0.2) is 0 Å². The molecule has 0 unspecified atom stereocenters. The molecule has 26 heavy (non-hydrogen) atoms. The first kappa shape index (κ1) is 19.5. The highest BCUT2D eigenvalue weighted by atomic mass is 35.5. The fourth-order valence-electron chi connectivity index (χ4n) is 3.99. The Balaban J connectivity index is 1.76. The maximum Gasteiger partial charge on any atom is 0.138 e. The zero-order chi connectivity index (χ0) is 19.1. The number of nitrogens with two attached hydrogens (primary N) is 1. The summed E-state index contributed by atoms with van der Waals surface area (Å²) in [5.41, 5.74) is 7.36. The van der Waals surface area contributed by atoms with Crippen LogP contribution in [0.4, 0.5) is 0 Å². The Morgan fingerprint density at radius 2 is 1.62 bits per heavy atom. The first-order valence-corrected chi connectivity index (χ1v) is 10.1. The summed E-state index contributed by atoms with van der Waals surface area (Å²) in [6.45, 7) is 11.1. The molecule has 0 saturated heterocycles. The normalized spacial score (nSPS) is 21.8. The summed E-state index contributed by atoms with van der Waals surface area (Å²) in [7, 11) is 0. The fraction of sp³-hybridized carbons (Fsp3) is 0.565. The molecule has 1 aliphatic carbocycles. The van der Waals surface area contributed by atoms with E-state index in [1.807, 2.05) is 19.9 Å². The largest absolute Gasteiger partial charge is 0.489 e. The zero-order valence-corrected chi connectivity index (χ0v) is 17.5. The van der Waals surface area contributed by atoms with Crippen LogP contribution in [0.15, 0.2) is 30.3 Å². The molecule has 0 aliphatic heterocycles. The Hall–Kier alpha value is -1.25. The van der Waals surface area contributed by atoms with E-state index < -0.39 is 0 Å². The van der Waals surface area contributed by atoms with Gasteiger partial charge in [0.2, 0.25) is 0 Å². The van der Waals surface area contributed by atoms with Crippen LogP contribution in [0.2, 0.25) is 5.02 Å². The van der Waals surface area contributed by atoms with Crippen LogP contribution in [-0.4, -0.2) is 6.10 Å². The van der Waals surface area contributed by atoms with Crippen LogP contribution in [0.25, 0.3) is 10.8 Å². The number of rotatable bonds is 3. The van der Waals surface area contributed by atoms with E-state index in [1.165, 1.54) is 12.8 Å². The Kier molecular flexibility index (Phi) is 5.29. The van der Waals surface area contributed by atoms with Gasteiger partial charge in [-0.25, -0.2) is 0 Å². The second kappa shape index (κ2) is 7.05. The SMILES string of the molecule is CC(C)(N)c1ccc2c(Cl)c(OC3CCC(C(C)(C)C)CC3)ccc2c1. The topological polar surface area (TPSA) is 35.2 Å². The molecule has 142 valence electrons. The monoisotopic (exact) mass is 373 g/mol. The third-order valence-corrected chi connectivity index (χ3v) is 6.25. The van der Waals surface area contributed by atoms with E-state index in [1.54, 1.807) is 0 Å². The van der Waals surface area contributed by atoms with E-state index >= 15 is 0 Å². The van der Waals surface area contributed by atoms with Gasteiger partial charge < -0.3 is 10.5 Å². The Morgan fingerprint density at radius 1 is 0.962 bits per heavy atom. The van der Waals surface area contributed by atoms with Crippen LogP contribution in [0.1, 0.15) is 65.9 Å². The second-order valence-corrected chi connectivity index (χ2v) is 9.87. The van der Waals surface area contributed by atoms with Crippen molar-refractivity contribution in [2.75, 3.05) is 0 Å². The van der Waals surface area contributed by atoms with Crippen LogP contribution in [0.3, 0.4) is 0 Å². The molecule has 1 saturated carbocycles. The molecule has 2 nitrogen and oxygen atoms in total. The molecule has 1 aliphatic rings. The third kappa shape index (κ3) is 4.18. The fourth-order valence-corrected chi connectivity index (χ4v) is 4.27. The predicted octanol–water partition coefficient (Wildman–Crippen LogP) is 6.67. The first-order chi connectivity index (χ1) is 12.1. The van der Waals surface area contributed by atoms with Gasteiger partial charge in [0.05, 0.1) is 11.1 Å². The number of benzene rings is 2. The summed E-state index contributed by atoms with van der Waals surface area (Å²) in [5.74, 6) is 1.59. The van der Waals surface area contributed by atoms with Crippen LogP contribution in [0.5, 0.6) is 5.75 Å². The maximum atomic E-state index is 6.67. The van der Waals surface area contributed by atoms with Crippen LogP contribution >= 0.6 is 11.6 Å². The van der Waals surface area contributed by atoms with Gasteiger partial charge in [-0.3, -0.25) is 0 Å². The van der Waals surface area contributed by atoms with Crippen molar-refractivity contribution in [2.45, 2.75) is 71.9 Å². The molecule has 0 aromatic heterocycles. The molecule has 0 amide bonds. The molecule has 3 heteroatoms. The average Bonchev–Trinajstić information content (AvgIpc) is 2.56. The lowest BCUT2D eigenvalue weighted by atomic mass is 9.72. The van der Waals surface area contributed by atoms with E-state index in [9.17, 15) is 0 Å². The van der Waals surface area contributed by atoms with Gasteiger partial charge in [0.1, 0.15) is 5.75 Å². The summed E-state index contributed by atoms with van der Waals surface area (Å²) in [6.07, 6.45) is 4.95. The van der Waals surface area contributed by atoms with Crippen LogP contribution in [0, 0.1) is 11.3 Å². The first-order valence-electron chi connectivity index (χ1n) is 9.74. The van der Waals surface area contributed by atoms with Gasteiger partial charge in [-0.05, 0) is 73.9 Å². The maximum absolute atomic E-state index is 6.67. The highest BCUT2D eigenvalue weighted by molar-refractivity contribution is 6.37. The molecular formula is C23H32ClNO. The average molecular weight is 374 g/mol. The van der Waals surface area contributed by atoms with Crippen molar-refractivity contribution in [1.82, 2.24) is 0 Å². The molecule has 0 radical (unpaired) electrons. The number of hydrogen-bond acceptors (Lipinski definition) is 2. The lowest BCUT2D eigenvalue weighted by Gasteiger charge is -2.37. The van der Waals surface area contributed by atoms with Gasteiger partial charge in [0, 0.05) is 10.9 Å². The minimum atomic E-state index is -0.360. The van der Waals surface area contributed by atoms with E-state index in [0.29, 0.717) is 10.4 Å². The van der Waals surface area contributed by atoms with Crippen molar-refractivity contribution in [3.63, 3.8) is 0 Å². The minimum absolute atomic E-state index is 0.269. The second-order valence-electron chi connectivity index (χ2n) is 9.49. The molecule has 2 aromatic carbocycles. The summed E-state index contributed by atoms with van der Waals surface area (Å²) >= 11 is 6.67. The standard InChI is InChI=1S/C23H32ClNO/c1-22(2,3)16-7-10-18(11-8-16)26-20-13-6-15-14-17(23(4,5)25)9-12-19(15)21(20)24/h6,9,12-14,16,18H,7-8,10-11,25H2,1-5H3. The lowest BCUT2D eigenvalue weighted by Crippen LogP contribution is -2.30. The van der Waals surface area contributed by atoms with Crippen molar-refractivity contribution in [2.24, 2.45) is 17.1 Å². The summed E-state index contributed by atoms with van der Waals surface area (Å²) in [4.78, 5) is 0. The van der Waals surface area contributed by atoms with Crippen LogP contribution in [-0.2, 0) is 5.54 Å². The predicted molar refractivity (Wildman–Crippen MR) is 112 cm³/mol. The Morgan fingerprint density at radius 3 is 2.19 bits per heavy atom. The zero-order valence-electron chi connectivity index (χ0n) is 16.7. The number of ether oxygens (including phenoxy) is 1. The van der Waals surface area contributed by atoms with Crippen molar-refractivity contribution < 1.29 is 4.74 Å². The molecule has 0 atom stereocenters. The minimum Gasteiger partial charge on any atom is -0.489 e. The lowest BCUT2D eigenvalue weighted by molar-refractivity contribution is 0.0884. The number of hydrogen-bond donors (Lipinski definition) is 1. The summed E-state index contributed by atoms with van der Waals surface area (Å²) in [6, 6.07) is 10.3. The molecular weight excluding hydrogens is 342 g/mol. The smallest absolute Gasteiger partial charge is 0.138 e. The molecule has 2 N–H and O–H groups in total. The highest BCUT2D eigenvalue weighted by Gasteiger charge is 2.30. The summed E-state index contributed by atoms with van der Waals surface area (Å²) < 4.78 is 6.30. The van der Waals surface area contributed by atoms with Crippen molar-refractivity contribution in [3.05, 3.63) is 40.9 Å². The van der Waals surface area contributed by atoms with Gasteiger partial charge in [-0.2, -0.15) is 0 Å². The molecule has 0 spiro atoms. The third-order valence-electron chi connectivity index (χ3n) is 5.86. The number of halogens is 1. The number of fused-ring (bicyclic) bond motifs is 1. The van der Waals surface area contributed by atoms with Crippen molar-refractivity contribution in [1.29, 1.82) is 0 Å². The Labute approximate surface area is 163 Å². The quantitative estimate of drug-likeness (QED) is 0.651. The van der Waals surface area contributed by atoms with Crippen molar-refractivity contribution in [3.8, 4) is 5.75 Å². The highest BCUT2D eigenvalue weighted by Crippen LogP contribution is 2.40. The van der Waals surface area contributed by atoms with Gasteiger partial charge in [-0.15, -0.1) is 0 Å². The van der Waals surface area contributed by atoms with Gasteiger partial charge in [0.25, 0.3) is 0 Å². The molecule has 1 fully saturated rings. The van der Waals surface area contributed by atoms with Gasteiger partial charge in [-0.1, -0.05) is 50.6 Å². The van der Waals surface area contributed by atoms with E-state index in [4.69, 9.17) is 22.1 Å². The van der Waals surface area contributed by atoms with E-state index in [0.717, 1.165) is 40.8 Å². The van der Waals surface area contributed by atoms with Crippen molar-refractivity contribution >= 4 is 22.4 Å². The molecule has 0 heterocycles. The van der Waals surface area contributed by atoms with Gasteiger partial charge >= 0.3 is 0 Å². The Bertz CT molecular complexity index is 777. The summed E-state index contributed by atoms with van der Waals surface area (Å²) in [5, 5.41) is 2.84. The molecule has 0 bridgehead atoms. The molecule has 3 rings (SSSR count). The van der Waals surface area contributed by atoms with E-state index in [-0.39, 0.29) is 11.6 Å². The van der Waals surface area contributed by atoms with E-state index in [2.05, 4.69) is 45.0 Å². The molecule has 2 aromatic rings. The van der Waals surface area contributed by atoms with Crippen LogP contribution < -0.4 is 10.5 Å².